The highest BCUT2D eigenvalue weighted by atomic mass is 16.3. The number of aliphatic hydroxyl groups excluding tert-OH is 1. The molecule has 0 spiro atoms. The van der Waals surface area contributed by atoms with Crippen molar-refractivity contribution in [3.05, 3.63) is 0 Å². The highest BCUT2D eigenvalue weighted by molar-refractivity contribution is 6.34. The Morgan fingerprint density at radius 1 is 1.64 bits per heavy atom. The van der Waals surface area contributed by atoms with Crippen LogP contribution in [-0.2, 0) is 9.59 Å². The van der Waals surface area contributed by atoms with E-state index in [1.165, 1.54) is 7.05 Å². The van der Waals surface area contributed by atoms with E-state index >= 15 is 0 Å². The zero-order valence-corrected chi connectivity index (χ0v) is 6.20. The number of likely N-dealkylation sites (N-methyl/N-ethyl adjacent to an activating group) is 1. The summed E-state index contributed by atoms with van der Waals surface area (Å²) in [6.07, 6.45) is 0. The first-order valence-electron chi connectivity index (χ1n) is 3.00. The second-order valence-corrected chi connectivity index (χ2v) is 1.92. The predicted molar refractivity (Wildman–Crippen MR) is 37.1 cm³/mol. The van der Waals surface area contributed by atoms with Gasteiger partial charge < -0.3 is 10.0 Å². The van der Waals surface area contributed by atoms with Gasteiger partial charge in [0.25, 0.3) is 0 Å². The molecule has 6 heteroatoms. The monoisotopic (exact) mass is 161 g/mol. The fourth-order valence-corrected chi connectivity index (χ4v) is 0.487. The normalized spacial score (nSPS) is 9.00. The quantitative estimate of drug-likeness (QED) is 0.179. The van der Waals surface area contributed by atoms with Crippen molar-refractivity contribution in [1.82, 2.24) is 10.3 Å². The third-order valence-corrected chi connectivity index (χ3v) is 1.11. The summed E-state index contributed by atoms with van der Waals surface area (Å²) in [4.78, 5) is 22.4. The van der Waals surface area contributed by atoms with Crippen molar-refractivity contribution < 1.29 is 14.7 Å². The Labute approximate surface area is 63.9 Å². The van der Waals surface area contributed by atoms with Gasteiger partial charge in [0.1, 0.15) is 0 Å². The summed E-state index contributed by atoms with van der Waals surface area (Å²) >= 11 is 0. The van der Waals surface area contributed by atoms with E-state index in [0.29, 0.717) is 0 Å². The van der Waals surface area contributed by atoms with Gasteiger partial charge in [0.05, 0.1) is 6.61 Å². The second kappa shape index (κ2) is 4.64. The number of rotatable bonds is 2. The molecule has 0 saturated heterocycles. The van der Waals surface area contributed by atoms with Crippen LogP contribution in [0.4, 0.5) is 0 Å². The molecular formula is C5H11N3O3. The highest BCUT2D eigenvalue weighted by Crippen LogP contribution is 1.82. The molecule has 0 heterocycles. The molecule has 0 radical (unpaired) electrons. The zero-order chi connectivity index (χ0) is 8.85. The van der Waals surface area contributed by atoms with E-state index in [2.05, 4.69) is 0 Å². The lowest BCUT2D eigenvalue weighted by atomic mass is 10.5. The van der Waals surface area contributed by atoms with Crippen molar-refractivity contribution in [2.45, 2.75) is 0 Å². The number of nitrogens with zero attached hydrogens (tertiary/aromatic N) is 1. The van der Waals surface area contributed by atoms with E-state index in [1.807, 2.05) is 0 Å². The molecule has 0 aromatic heterocycles. The van der Waals surface area contributed by atoms with Gasteiger partial charge in [-0.05, 0) is 0 Å². The Hall–Kier alpha value is -1.14. The number of amides is 2. The minimum Gasteiger partial charge on any atom is -0.395 e. The third-order valence-electron chi connectivity index (χ3n) is 1.11. The first-order chi connectivity index (χ1) is 5.13. The van der Waals surface area contributed by atoms with Crippen LogP contribution in [0.1, 0.15) is 0 Å². The minimum absolute atomic E-state index is 0.117. The van der Waals surface area contributed by atoms with Gasteiger partial charge in [0, 0.05) is 13.6 Å². The fraction of sp³-hybridized carbons (Fsp3) is 0.600. The summed E-state index contributed by atoms with van der Waals surface area (Å²) in [6, 6.07) is 0. The number of carbonyl (C=O) groups excluding carboxylic acids is 2. The molecule has 2 amide bonds. The summed E-state index contributed by atoms with van der Waals surface area (Å²) in [5, 5.41) is 8.38. The minimum atomic E-state index is -0.888. The van der Waals surface area contributed by atoms with Crippen LogP contribution < -0.4 is 11.3 Å². The number of aliphatic hydroxyl groups is 1. The van der Waals surface area contributed by atoms with Gasteiger partial charge in [0.2, 0.25) is 0 Å². The molecule has 0 saturated carbocycles. The molecule has 0 aromatic carbocycles. The second-order valence-electron chi connectivity index (χ2n) is 1.92. The maximum atomic E-state index is 10.8. The standard InChI is InChI=1S/C5H11N3O3/c1-8(2-3-9)5(11)4(10)7-6/h9H,2-3,6H2,1H3,(H,7,10). The maximum absolute atomic E-state index is 10.8. The third kappa shape index (κ3) is 2.96. The average Bonchev–Trinajstić information content (AvgIpc) is 2.02. The maximum Gasteiger partial charge on any atom is 0.323 e. The van der Waals surface area contributed by atoms with Crippen molar-refractivity contribution in [1.29, 1.82) is 0 Å². The average molecular weight is 161 g/mol. The van der Waals surface area contributed by atoms with Crippen molar-refractivity contribution >= 4 is 11.8 Å². The van der Waals surface area contributed by atoms with Crippen molar-refractivity contribution in [3.63, 3.8) is 0 Å². The Kier molecular flexibility index (Phi) is 4.16. The highest BCUT2D eigenvalue weighted by Gasteiger charge is 2.15. The van der Waals surface area contributed by atoms with Gasteiger partial charge >= 0.3 is 11.8 Å². The topological polar surface area (TPSA) is 95.7 Å². The Bertz CT molecular complexity index is 159. The number of nitrogens with two attached hydrogens (primary N) is 1. The summed E-state index contributed by atoms with van der Waals surface area (Å²) in [5.41, 5.74) is 1.69. The van der Waals surface area contributed by atoms with Gasteiger partial charge in [-0.2, -0.15) is 0 Å². The SMILES string of the molecule is CN(CCO)C(=O)C(=O)NN. The van der Waals surface area contributed by atoms with Crippen LogP contribution in [-0.4, -0.2) is 42.0 Å². The molecule has 0 aliphatic rings. The lowest BCUT2D eigenvalue weighted by Crippen LogP contribution is -2.44. The summed E-state index contributed by atoms with van der Waals surface area (Å²) < 4.78 is 0. The summed E-state index contributed by atoms with van der Waals surface area (Å²) in [5.74, 6) is 3.05. The number of nitrogens with one attached hydrogen (secondary N) is 1. The molecule has 0 aliphatic heterocycles. The number of hydrogen-bond donors (Lipinski definition) is 3. The van der Waals surface area contributed by atoms with Crippen LogP contribution in [0, 0.1) is 0 Å². The molecular weight excluding hydrogens is 150 g/mol. The van der Waals surface area contributed by atoms with E-state index < -0.39 is 11.8 Å². The van der Waals surface area contributed by atoms with Gasteiger partial charge in [0.15, 0.2) is 0 Å². The number of hydrazine groups is 1. The molecule has 4 N–H and O–H groups in total. The van der Waals surface area contributed by atoms with E-state index in [-0.39, 0.29) is 13.2 Å². The molecule has 6 nitrogen and oxygen atoms in total. The van der Waals surface area contributed by atoms with Gasteiger partial charge in [-0.1, -0.05) is 0 Å². The molecule has 0 fully saturated rings. The van der Waals surface area contributed by atoms with Gasteiger partial charge in [-0.15, -0.1) is 0 Å². The van der Waals surface area contributed by atoms with Gasteiger partial charge in [-0.3, -0.25) is 15.0 Å². The number of carbonyl (C=O) groups is 2. The molecule has 0 atom stereocenters. The van der Waals surface area contributed by atoms with Crippen molar-refractivity contribution in [3.8, 4) is 0 Å². The van der Waals surface area contributed by atoms with Crippen molar-refractivity contribution in [2.75, 3.05) is 20.2 Å². The lowest BCUT2D eigenvalue weighted by Gasteiger charge is -2.13. The lowest BCUT2D eigenvalue weighted by molar-refractivity contribution is -0.145. The predicted octanol–water partition coefficient (Wildman–Crippen LogP) is -2.57. The van der Waals surface area contributed by atoms with E-state index in [0.717, 1.165) is 4.90 Å². The molecule has 64 valence electrons. The fourth-order valence-electron chi connectivity index (χ4n) is 0.487. The smallest absolute Gasteiger partial charge is 0.323 e. The first-order valence-corrected chi connectivity index (χ1v) is 3.00. The Morgan fingerprint density at radius 2 is 2.18 bits per heavy atom. The van der Waals surface area contributed by atoms with Crippen LogP contribution in [0.25, 0.3) is 0 Å². The van der Waals surface area contributed by atoms with Crippen LogP contribution in [0.5, 0.6) is 0 Å². The Balaban J connectivity index is 3.91. The summed E-state index contributed by atoms with van der Waals surface area (Å²) in [6.45, 7) is -0.0632. The molecule has 0 rings (SSSR count). The van der Waals surface area contributed by atoms with E-state index in [4.69, 9.17) is 10.9 Å². The number of hydrogen-bond acceptors (Lipinski definition) is 4. The van der Waals surface area contributed by atoms with E-state index in [1.54, 1.807) is 5.43 Å². The van der Waals surface area contributed by atoms with Crippen LogP contribution in [0.2, 0.25) is 0 Å². The molecule has 0 bridgehead atoms. The van der Waals surface area contributed by atoms with Crippen LogP contribution in [0.3, 0.4) is 0 Å². The Morgan fingerprint density at radius 3 is 2.55 bits per heavy atom. The van der Waals surface area contributed by atoms with Crippen LogP contribution in [0.15, 0.2) is 0 Å². The molecule has 0 unspecified atom stereocenters. The molecule has 11 heavy (non-hydrogen) atoms. The summed E-state index contributed by atoms with van der Waals surface area (Å²) in [7, 11) is 1.40. The van der Waals surface area contributed by atoms with E-state index in [9.17, 15) is 9.59 Å². The van der Waals surface area contributed by atoms with Crippen molar-refractivity contribution in [2.24, 2.45) is 5.84 Å². The molecule has 0 aliphatic carbocycles. The van der Waals surface area contributed by atoms with Gasteiger partial charge in [-0.25, -0.2) is 5.84 Å². The molecule has 0 aromatic rings. The largest absolute Gasteiger partial charge is 0.395 e. The first kappa shape index (κ1) is 9.86. The zero-order valence-electron chi connectivity index (χ0n) is 6.20. The van der Waals surface area contributed by atoms with Crippen LogP contribution >= 0.6 is 0 Å².